The Bertz CT molecular complexity index is 1090. The Hall–Kier alpha value is -3.05. The molecule has 2 aromatic carbocycles. The standard InChI is InChI=1S/C19H15ClN4O/c1-11-18-15(8-9-21-11)16-10-14(6-7-17(16)24-18)23-19(25)22-13-4-2-12(20)3-5-13/h2-10,24H,1H3,(H2,22,23,25). The Morgan fingerprint density at radius 1 is 1.00 bits per heavy atom. The molecule has 25 heavy (non-hydrogen) atoms. The number of nitrogens with one attached hydrogen (secondary N) is 3. The second-order valence-electron chi connectivity index (χ2n) is 5.79. The van der Waals surface area contributed by atoms with Gasteiger partial charge in [0.25, 0.3) is 0 Å². The van der Waals surface area contributed by atoms with Crippen LogP contribution in [-0.2, 0) is 0 Å². The molecule has 124 valence electrons. The lowest BCUT2D eigenvalue weighted by Gasteiger charge is -2.08. The number of rotatable bonds is 2. The predicted molar refractivity (Wildman–Crippen MR) is 102 cm³/mol. The van der Waals surface area contributed by atoms with Crippen molar-refractivity contribution in [1.82, 2.24) is 9.97 Å². The van der Waals surface area contributed by atoms with Gasteiger partial charge in [0, 0.05) is 38.9 Å². The van der Waals surface area contributed by atoms with Crippen molar-refractivity contribution >= 4 is 50.8 Å². The smallest absolute Gasteiger partial charge is 0.323 e. The number of amides is 2. The average molecular weight is 351 g/mol. The fourth-order valence-corrected chi connectivity index (χ4v) is 2.99. The highest BCUT2D eigenvalue weighted by atomic mass is 35.5. The third-order valence-corrected chi connectivity index (χ3v) is 4.32. The summed E-state index contributed by atoms with van der Waals surface area (Å²) >= 11 is 5.85. The summed E-state index contributed by atoms with van der Waals surface area (Å²) < 4.78 is 0. The molecule has 0 saturated carbocycles. The summed E-state index contributed by atoms with van der Waals surface area (Å²) in [4.78, 5) is 19.9. The second kappa shape index (κ2) is 6.11. The summed E-state index contributed by atoms with van der Waals surface area (Å²) in [5.74, 6) is 0. The maximum absolute atomic E-state index is 12.2. The number of aromatic nitrogens is 2. The molecule has 4 aromatic rings. The number of aryl methyl sites for hydroxylation is 1. The lowest BCUT2D eigenvalue weighted by Crippen LogP contribution is -2.19. The van der Waals surface area contributed by atoms with Gasteiger partial charge in [0.15, 0.2) is 0 Å². The summed E-state index contributed by atoms with van der Waals surface area (Å²) in [6.45, 7) is 1.97. The van der Waals surface area contributed by atoms with Crippen LogP contribution in [0.4, 0.5) is 16.2 Å². The van der Waals surface area contributed by atoms with Crippen molar-refractivity contribution in [3.05, 3.63) is 65.4 Å². The number of carbonyl (C=O) groups is 1. The Morgan fingerprint density at radius 3 is 2.52 bits per heavy atom. The topological polar surface area (TPSA) is 69.8 Å². The molecule has 2 amide bonds. The molecule has 0 bridgehead atoms. The predicted octanol–water partition coefficient (Wildman–Crippen LogP) is 5.32. The number of benzene rings is 2. The SMILES string of the molecule is Cc1nccc2c1[nH]c1ccc(NC(=O)Nc3ccc(Cl)cc3)cc12. The first kappa shape index (κ1) is 15.5. The van der Waals surface area contributed by atoms with E-state index in [1.54, 1.807) is 30.5 Å². The number of halogens is 1. The van der Waals surface area contributed by atoms with Crippen LogP contribution in [0, 0.1) is 6.92 Å². The summed E-state index contributed by atoms with van der Waals surface area (Å²) in [6.07, 6.45) is 1.79. The highest BCUT2D eigenvalue weighted by Crippen LogP contribution is 2.28. The molecule has 0 unspecified atom stereocenters. The lowest BCUT2D eigenvalue weighted by molar-refractivity contribution is 0.262. The first-order valence-corrected chi connectivity index (χ1v) is 8.18. The molecule has 6 heteroatoms. The minimum atomic E-state index is -0.306. The van der Waals surface area contributed by atoms with Gasteiger partial charge in [0.05, 0.1) is 11.2 Å². The van der Waals surface area contributed by atoms with E-state index in [9.17, 15) is 4.79 Å². The zero-order chi connectivity index (χ0) is 17.4. The number of H-pyrrole nitrogens is 1. The number of aromatic amines is 1. The van der Waals surface area contributed by atoms with E-state index >= 15 is 0 Å². The number of nitrogens with zero attached hydrogens (tertiary/aromatic N) is 1. The van der Waals surface area contributed by atoms with Crippen molar-refractivity contribution in [1.29, 1.82) is 0 Å². The highest BCUT2D eigenvalue weighted by molar-refractivity contribution is 6.30. The molecule has 0 aliphatic heterocycles. The molecule has 0 atom stereocenters. The van der Waals surface area contributed by atoms with Gasteiger partial charge in [0.1, 0.15) is 0 Å². The van der Waals surface area contributed by atoms with E-state index in [0.29, 0.717) is 16.4 Å². The summed E-state index contributed by atoms with van der Waals surface area (Å²) in [7, 11) is 0. The number of anilines is 2. The monoisotopic (exact) mass is 350 g/mol. The Morgan fingerprint density at radius 2 is 1.72 bits per heavy atom. The van der Waals surface area contributed by atoms with Gasteiger partial charge in [-0.05, 0) is 55.5 Å². The van der Waals surface area contributed by atoms with Gasteiger partial charge < -0.3 is 15.6 Å². The minimum Gasteiger partial charge on any atom is -0.353 e. The Labute approximate surface area is 149 Å². The van der Waals surface area contributed by atoms with Gasteiger partial charge in [-0.15, -0.1) is 0 Å². The van der Waals surface area contributed by atoms with E-state index in [2.05, 4.69) is 20.6 Å². The van der Waals surface area contributed by atoms with Gasteiger partial charge in [-0.1, -0.05) is 11.6 Å². The maximum Gasteiger partial charge on any atom is 0.323 e. The first-order chi connectivity index (χ1) is 12.1. The lowest BCUT2D eigenvalue weighted by atomic mass is 10.1. The molecule has 0 fully saturated rings. The molecule has 3 N–H and O–H groups in total. The van der Waals surface area contributed by atoms with Gasteiger partial charge in [0.2, 0.25) is 0 Å². The highest BCUT2D eigenvalue weighted by Gasteiger charge is 2.09. The van der Waals surface area contributed by atoms with Gasteiger partial charge in [-0.25, -0.2) is 4.79 Å². The molecule has 4 rings (SSSR count). The molecular weight excluding hydrogens is 336 g/mol. The van der Waals surface area contributed by atoms with Gasteiger partial charge in [-0.2, -0.15) is 0 Å². The van der Waals surface area contributed by atoms with E-state index in [-0.39, 0.29) is 6.03 Å². The molecule has 2 aromatic heterocycles. The van der Waals surface area contributed by atoms with Crippen molar-refractivity contribution in [3.63, 3.8) is 0 Å². The molecule has 0 saturated heterocycles. The van der Waals surface area contributed by atoms with E-state index in [4.69, 9.17) is 11.6 Å². The summed E-state index contributed by atoms with van der Waals surface area (Å²) in [5, 5.41) is 8.39. The maximum atomic E-state index is 12.2. The summed E-state index contributed by atoms with van der Waals surface area (Å²) in [6, 6.07) is 14.4. The second-order valence-corrected chi connectivity index (χ2v) is 6.23. The van der Waals surface area contributed by atoms with E-state index in [1.807, 2.05) is 31.2 Å². The van der Waals surface area contributed by atoms with Crippen LogP contribution in [-0.4, -0.2) is 16.0 Å². The normalized spacial score (nSPS) is 11.0. The Balaban J connectivity index is 1.61. The van der Waals surface area contributed by atoms with Gasteiger partial charge >= 0.3 is 6.03 Å². The number of urea groups is 1. The largest absolute Gasteiger partial charge is 0.353 e. The van der Waals surface area contributed by atoms with Crippen molar-refractivity contribution < 1.29 is 4.79 Å². The number of carbonyl (C=O) groups excluding carboxylic acids is 1. The van der Waals surface area contributed by atoms with Crippen LogP contribution >= 0.6 is 11.6 Å². The fourth-order valence-electron chi connectivity index (χ4n) is 2.86. The van der Waals surface area contributed by atoms with E-state index < -0.39 is 0 Å². The molecule has 5 nitrogen and oxygen atoms in total. The average Bonchev–Trinajstić information content (AvgIpc) is 2.97. The van der Waals surface area contributed by atoms with Crippen LogP contribution in [0.3, 0.4) is 0 Å². The van der Waals surface area contributed by atoms with Crippen LogP contribution in [0.2, 0.25) is 5.02 Å². The first-order valence-electron chi connectivity index (χ1n) is 7.81. The van der Waals surface area contributed by atoms with Crippen molar-refractivity contribution in [2.75, 3.05) is 10.6 Å². The van der Waals surface area contributed by atoms with Crippen molar-refractivity contribution in [3.8, 4) is 0 Å². The van der Waals surface area contributed by atoms with E-state index in [0.717, 1.165) is 27.5 Å². The zero-order valence-corrected chi connectivity index (χ0v) is 14.2. The summed E-state index contributed by atoms with van der Waals surface area (Å²) in [5.41, 5.74) is 4.37. The van der Waals surface area contributed by atoms with Gasteiger partial charge in [-0.3, -0.25) is 4.98 Å². The molecule has 0 radical (unpaired) electrons. The number of hydrogen-bond acceptors (Lipinski definition) is 2. The van der Waals surface area contributed by atoms with E-state index in [1.165, 1.54) is 0 Å². The molecule has 0 aliphatic rings. The third kappa shape index (κ3) is 3.02. The van der Waals surface area contributed by atoms with Crippen LogP contribution in [0.15, 0.2) is 54.7 Å². The third-order valence-electron chi connectivity index (χ3n) is 4.07. The molecule has 0 spiro atoms. The quantitative estimate of drug-likeness (QED) is 0.457. The fraction of sp³-hybridized carbons (Fsp3) is 0.0526. The zero-order valence-electron chi connectivity index (χ0n) is 13.4. The Kier molecular flexibility index (Phi) is 3.78. The van der Waals surface area contributed by atoms with Crippen molar-refractivity contribution in [2.45, 2.75) is 6.92 Å². The van der Waals surface area contributed by atoms with Crippen LogP contribution < -0.4 is 10.6 Å². The molecular formula is C19H15ClN4O. The minimum absolute atomic E-state index is 0.306. The number of hydrogen-bond donors (Lipinski definition) is 3. The van der Waals surface area contributed by atoms with Crippen LogP contribution in [0.5, 0.6) is 0 Å². The van der Waals surface area contributed by atoms with Crippen molar-refractivity contribution in [2.24, 2.45) is 0 Å². The molecule has 2 heterocycles. The number of pyridine rings is 1. The number of fused-ring (bicyclic) bond motifs is 3. The van der Waals surface area contributed by atoms with Crippen LogP contribution in [0.1, 0.15) is 5.69 Å². The van der Waals surface area contributed by atoms with Crippen LogP contribution in [0.25, 0.3) is 21.8 Å². The molecule has 0 aliphatic carbocycles.